The van der Waals surface area contributed by atoms with Crippen LogP contribution in [0.1, 0.15) is 12.5 Å². The van der Waals surface area contributed by atoms with E-state index in [4.69, 9.17) is 4.74 Å². The molecule has 172 valence electrons. The average molecular weight is 464 g/mol. The number of aromatic nitrogens is 2. The molecule has 0 spiro atoms. The fourth-order valence-corrected chi connectivity index (χ4v) is 4.38. The largest absolute Gasteiger partial charge is 0.492 e. The number of piperazine rings is 1. The number of hydrogen-bond acceptors (Lipinski definition) is 7. The molecule has 1 saturated heterocycles. The fourth-order valence-electron chi connectivity index (χ4n) is 3.77. The van der Waals surface area contributed by atoms with Crippen molar-refractivity contribution in [2.45, 2.75) is 18.9 Å². The van der Waals surface area contributed by atoms with Gasteiger partial charge in [-0.2, -0.15) is 0 Å². The maximum absolute atomic E-state index is 12.3. The van der Waals surface area contributed by atoms with Gasteiger partial charge in [-0.05, 0) is 49.7 Å². The molecular formula is C25H29N5O2S. The number of nitrogens with one attached hydrogen (secondary N) is 1. The molecule has 1 amide bonds. The molecule has 0 radical (unpaired) electrons. The number of carbonyl (C=O) groups excluding carboxylic acids is 1. The van der Waals surface area contributed by atoms with Crippen LogP contribution >= 0.6 is 11.8 Å². The maximum atomic E-state index is 12.3. The molecule has 0 aliphatic carbocycles. The SMILES string of the molecule is CCOc1ccccc1N1CCN(c2ccc(SCC(=O)Nc3ccccc3C)nn2)CC1. The highest BCUT2D eigenvalue weighted by Gasteiger charge is 2.21. The number of amides is 1. The van der Waals surface area contributed by atoms with Crippen LogP contribution in [0.4, 0.5) is 17.2 Å². The topological polar surface area (TPSA) is 70.6 Å². The molecule has 0 atom stereocenters. The van der Waals surface area contributed by atoms with E-state index in [2.05, 4.69) is 31.4 Å². The summed E-state index contributed by atoms with van der Waals surface area (Å²) in [6, 6.07) is 19.9. The molecule has 4 rings (SSSR count). The molecule has 1 aliphatic heterocycles. The molecule has 1 aromatic heterocycles. The van der Waals surface area contributed by atoms with E-state index in [1.165, 1.54) is 11.8 Å². The highest BCUT2D eigenvalue weighted by Crippen LogP contribution is 2.29. The highest BCUT2D eigenvalue weighted by molar-refractivity contribution is 7.99. The summed E-state index contributed by atoms with van der Waals surface area (Å²) < 4.78 is 5.79. The molecule has 8 heteroatoms. The van der Waals surface area contributed by atoms with Crippen LogP contribution in [0.3, 0.4) is 0 Å². The van der Waals surface area contributed by atoms with E-state index >= 15 is 0 Å². The lowest BCUT2D eigenvalue weighted by Gasteiger charge is -2.37. The summed E-state index contributed by atoms with van der Waals surface area (Å²) in [5.41, 5.74) is 3.02. The quantitative estimate of drug-likeness (QED) is 0.501. The Morgan fingerprint density at radius 3 is 2.42 bits per heavy atom. The van der Waals surface area contributed by atoms with Crippen LogP contribution < -0.4 is 19.9 Å². The van der Waals surface area contributed by atoms with Crippen LogP contribution in [0.15, 0.2) is 65.7 Å². The molecular weight excluding hydrogens is 434 g/mol. The number of carbonyl (C=O) groups is 1. The number of ether oxygens (including phenoxy) is 1. The van der Waals surface area contributed by atoms with E-state index in [0.29, 0.717) is 12.4 Å². The van der Waals surface area contributed by atoms with Crippen LogP contribution in [-0.2, 0) is 4.79 Å². The minimum absolute atomic E-state index is 0.0522. The van der Waals surface area contributed by atoms with Gasteiger partial charge in [0.1, 0.15) is 10.8 Å². The molecule has 0 bridgehead atoms. The monoisotopic (exact) mass is 463 g/mol. The number of anilines is 3. The summed E-state index contributed by atoms with van der Waals surface area (Å²) in [7, 11) is 0. The zero-order chi connectivity index (χ0) is 23.0. The van der Waals surface area contributed by atoms with Gasteiger partial charge in [-0.3, -0.25) is 4.79 Å². The van der Waals surface area contributed by atoms with Crippen molar-refractivity contribution in [3.05, 3.63) is 66.2 Å². The maximum Gasteiger partial charge on any atom is 0.234 e. The average Bonchev–Trinajstić information content (AvgIpc) is 2.85. The minimum atomic E-state index is -0.0522. The van der Waals surface area contributed by atoms with Gasteiger partial charge in [0, 0.05) is 31.9 Å². The molecule has 2 heterocycles. The van der Waals surface area contributed by atoms with Crippen LogP contribution in [-0.4, -0.2) is 54.6 Å². The summed E-state index contributed by atoms with van der Waals surface area (Å²) >= 11 is 1.39. The molecule has 0 unspecified atom stereocenters. The molecule has 33 heavy (non-hydrogen) atoms. The summed E-state index contributed by atoms with van der Waals surface area (Å²) in [6.45, 7) is 8.14. The summed E-state index contributed by atoms with van der Waals surface area (Å²) in [6.07, 6.45) is 0. The molecule has 2 aromatic carbocycles. The zero-order valence-electron chi connectivity index (χ0n) is 19.0. The third kappa shape index (κ3) is 5.96. The van der Waals surface area contributed by atoms with Crippen LogP contribution in [0.5, 0.6) is 5.75 Å². The van der Waals surface area contributed by atoms with Crippen LogP contribution in [0.2, 0.25) is 0 Å². The van der Waals surface area contributed by atoms with E-state index in [0.717, 1.165) is 59.7 Å². The number of benzene rings is 2. The Morgan fingerprint density at radius 2 is 1.70 bits per heavy atom. The van der Waals surface area contributed by atoms with E-state index in [1.54, 1.807) is 0 Å². The minimum Gasteiger partial charge on any atom is -0.492 e. The Balaban J connectivity index is 1.28. The standard InChI is InChI=1S/C25H29N5O2S/c1-3-32-22-11-7-6-10-21(22)29-14-16-30(17-15-29)23-12-13-25(28-27-23)33-18-24(31)26-20-9-5-4-8-19(20)2/h4-13H,3,14-18H2,1-2H3,(H,26,31). The predicted octanol–water partition coefficient (Wildman–Crippen LogP) is 4.24. The number of aryl methyl sites for hydroxylation is 1. The van der Waals surface area contributed by atoms with Crippen molar-refractivity contribution in [3.63, 3.8) is 0 Å². The van der Waals surface area contributed by atoms with Crippen molar-refractivity contribution < 1.29 is 9.53 Å². The lowest BCUT2D eigenvalue weighted by molar-refractivity contribution is -0.113. The Hall–Kier alpha value is -3.26. The van der Waals surface area contributed by atoms with E-state index in [-0.39, 0.29) is 5.91 Å². The van der Waals surface area contributed by atoms with Gasteiger partial charge in [0.2, 0.25) is 5.91 Å². The van der Waals surface area contributed by atoms with E-state index in [9.17, 15) is 4.79 Å². The number of rotatable bonds is 8. The Labute approximate surface area is 199 Å². The summed E-state index contributed by atoms with van der Waals surface area (Å²) in [5.74, 6) is 2.03. The third-order valence-electron chi connectivity index (χ3n) is 5.51. The lowest BCUT2D eigenvalue weighted by Crippen LogP contribution is -2.47. The van der Waals surface area contributed by atoms with E-state index < -0.39 is 0 Å². The van der Waals surface area contributed by atoms with Gasteiger partial charge >= 0.3 is 0 Å². The first-order chi connectivity index (χ1) is 16.1. The summed E-state index contributed by atoms with van der Waals surface area (Å²) in [4.78, 5) is 16.9. The first-order valence-electron chi connectivity index (χ1n) is 11.2. The second-order valence-electron chi connectivity index (χ2n) is 7.76. The van der Waals surface area contributed by atoms with Crippen molar-refractivity contribution in [3.8, 4) is 5.75 Å². The molecule has 1 N–H and O–H groups in total. The molecule has 7 nitrogen and oxygen atoms in total. The normalized spacial score (nSPS) is 13.6. The molecule has 1 aliphatic rings. The predicted molar refractivity (Wildman–Crippen MR) is 135 cm³/mol. The van der Waals surface area contributed by atoms with Gasteiger partial charge in [-0.15, -0.1) is 10.2 Å². The smallest absolute Gasteiger partial charge is 0.234 e. The highest BCUT2D eigenvalue weighted by atomic mass is 32.2. The number of nitrogens with zero attached hydrogens (tertiary/aromatic N) is 4. The lowest BCUT2D eigenvalue weighted by atomic mass is 10.2. The third-order valence-corrected chi connectivity index (χ3v) is 6.43. The van der Waals surface area contributed by atoms with Crippen molar-refractivity contribution in [1.29, 1.82) is 0 Å². The first kappa shape index (κ1) is 22.9. The molecule has 3 aromatic rings. The number of thioether (sulfide) groups is 1. The molecule has 0 saturated carbocycles. The van der Waals surface area contributed by atoms with Gasteiger partial charge in [0.15, 0.2) is 5.82 Å². The second kappa shape index (κ2) is 11.0. The van der Waals surface area contributed by atoms with Crippen LogP contribution in [0.25, 0.3) is 0 Å². The van der Waals surface area contributed by atoms with Crippen LogP contribution in [0, 0.1) is 6.92 Å². The first-order valence-corrected chi connectivity index (χ1v) is 12.2. The van der Waals surface area contributed by atoms with Gasteiger partial charge in [-0.1, -0.05) is 42.1 Å². The number of hydrogen-bond donors (Lipinski definition) is 1. The van der Waals surface area contributed by atoms with Gasteiger partial charge in [0.05, 0.1) is 18.0 Å². The molecule has 1 fully saturated rings. The van der Waals surface area contributed by atoms with Crippen molar-refractivity contribution in [2.75, 3.05) is 53.7 Å². The van der Waals surface area contributed by atoms with Gasteiger partial charge in [0.25, 0.3) is 0 Å². The Morgan fingerprint density at radius 1 is 0.970 bits per heavy atom. The number of para-hydroxylation sites is 3. The van der Waals surface area contributed by atoms with Crippen molar-refractivity contribution in [2.24, 2.45) is 0 Å². The Bertz CT molecular complexity index is 1070. The van der Waals surface area contributed by atoms with Crippen molar-refractivity contribution in [1.82, 2.24) is 10.2 Å². The second-order valence-corrected chi connectivity index (χ2v) is 8.75. The zero-order valence-corrected chi connectivity index (χ0v) is 19.8. The summed E-state index contributed by atoms with van der Waals surface area (Å²) in [5, 5.41) is 12.4. The fraction of sp³-hybridized carbons (Fsp3) is 0.320. The van der Waals surface area contributed by atoms with Crippen molar-refractivity contribution >= 4 is 34.9 Å². The van der Waals surface area contributed by atoms with Gasteiger partial charge < -0.3 is 19.9 Å². The Kier molecular flexibility index (Phi) is 7.67. The van der Waals surface area contributed by atoms with E-state index in [1.807, 2.05) is 68.4 Å². The van der Waals surface area contributed by atoms with Gasteiger partial charge in [-0.25, -0.2) is 0 Å².